The molecule has 0 aliphatic heterocycles. The van der Waals surface area contributed by atoms with E-state index >= 15 is 0 Å². The maximum atomic E-state index is 6.37. The number of hydrogen-bond donors (Lipinski definition) is 1. The van der Waals surface area contributed by atoms with Crippen LogP contribution in [0.5, 0.6) is 0 Å². The monoisotopic (exact) mass is 291 g/mol. The maximum Gasteiger partial charge on any atom is 0.0850 e. The van der Waals surface area contributed by atoms with Crippen LogP contribution >= 0.6 is 11.6 Å². The zero-order valence-electron chi connectivity index (χ0n) is 12.4. The molecule has 2 N–H and O–H groups in total. The molecule has 4 heteroatoms. The van der Waals surface area contributed by atoms with Gasteiger partial charge in [-0.3, -0.25) is 4.68 Å². The fraction of sp³-hybridized carbons (Fsp3) is 0.438. The van der Waals surface area contributed by atoms with Crippen LogP contribution in [-0.2, 0) is 26.3 Å². The van der Waals surface area contributed by atoms with E-state index in [1.54, 1.807) is 0 Å². The zero-order chi connectivity index (χ0) is 14.7. The van der Waals surface area contributed by atoms with Gasteiger partial charge in [0.15, 0.2) is 0 Å². The zero-order valence-corrected chi connectivity index (χ0v) is 13.1. The molecule has 0 bridgehead atoms. The molecule has 0 saturated carbocycles. The van der Waals surface area contributed by atoms with E-state index in [2.05, 4.69) is 43.2 Å². The molecule has 0 aliphatic carbocycles. The van der Waals surface area contributed by atoms with E-state index in [1.165, 1.54) is 5.56 Å². The first-order chi connectivity index (χ1) is 9.56. The van der Waals surface area contributed by atoms with Crippen molar-refractivity contribution in [2.75, 3.05) is 0 Å². The molecule has 1 aromatic heterocycles. The van der Waals surface area contributed by atoms with Crippen molar-refractivity contribution in [3.63, 3.8) is 0 Å². The van der Waals surface area contributed by atoms with Gasteiger partial charge >= 0.3 is 0 Å². The van der Waals surface area contributed by atoms with Gasteiger partial charge in [-0.05, 0) is 24.0 Å². The Balaban J connectivity index is 2.18. The predicted molar refractivity (Wildman–Crippen MR) is 84.0 cm³/mol. The quantitative estimate of drug-likeness (QED) is 0.917. The Morgan fingerprint density at radius 1 is 1.20 bits per heavy atom. The number of rotatable bonds is 5. The molecule has 0 fully saturated rings. The van der Waals surface area contributed by atoms with E-state index in [-0.39, 0.29) is 6.04 Å². The van der Waals surface area contributed by atoms with Gasteiger partial charge in [0.2, 0.25) is 0 Å². The Bertz CT molecular complexity index is 572. The number of nitrogens with two attached hydrogens (primary N) is 1. The number of aromatic nitrogens is 2. The van der Waals surface area contributed by atoms with Crippen LogP contribution in [0.4, 0.5) is 0 Å². The summed E-state index contributed by atoms with van der Waals surface area (Å²) in [5, 5.41) is 5.19. The molecule has 0 radical (unpaired) electrons. The molecule has 0 saturated heterocycles. The van der Waals surface area contributed by atoms with E-state index in [0.29, 0.717) is 6.42 Å². The summed E-state index contributed by atoms with van der Waals surface area (Å²) in [6, 6.07) is 8.43. The van der Waals surface area contributed by atoms with E-state index < -0.39 is 0 Å². The molecule has 0 aliphatic rings. The third-order valence-electron chi connectivity index (χ3n) is 3.73. The van der Waals surface area contributed by atoms with Crippen LogP contribution in [0, 0.1) is 0 Å². The summed E-state index contributed by atoms with van der Waals surface area (Å²) in [7, 11) is 1.92. The van der Waals surface area contributed by atoms with E-state index in [1.807, 2.05) is 11.7 Å². The fourth-order valence-electron chi connectivity index (χ4n) is 2.37. The van der Waals surface area contributed by atoms with Crippen LogP contribution in [0.3, 0.4) is 0 Å². The molecule has 20 heavy (non-hydrogen) atoms. The lowest BCUT2D eigenvalue weighted by molar-refractivity contribution is 0.638. The Morgan fingerprint density at radius 2 is 1.85 bits per heavy atom. The second-order valence-corrected chi connectivity index (χ2v) is 5.47. The minimum Gasteiger partial charge on any atom is -0.324 e. The van der Waals surface area contributed by atoms with Crippen LogP contribution in [0.15, 0.2) is 24.3 Å². The third-order valence-corrected chi connectivity index (χ3v) is 4.17. The van der Waals surface area contributed by atoms with Crippen molar-refractivity contribution in [1.82, 2.24) is 9.78 Å². The van der Waals surface area contributed by atoms with Crippen molar-refractivity contribution < 1.29 is 0 Å². The molecular weight excluding hydrogens is 270 g/mol. The molecule has 2 rings (SSSR count). The first-order valence-electron chi connectivity index (χ1n) is 7.11. The molecule has 0 spiro atoms. The lowest BCUT2D eigenvalue weighted by atomic mass is 10.0. The minimum atomic E-state index is -0.0569. The normalized spacial score (nSPS) is 12.7. The number of benzene rings is 1. The van der Waals surface area contributed by atoms with Gasteiger partial charge in [0.25, 0.3) is 0 Å². The molecule has 1 aromatic carbocycles. The molecule has 2 aromatic rings. The van der Waals surface area contributed by atoms with Crippen molar-refractivity contribution >= 4 is 11.6 Å². The van der Waals surface area contributed by atoms with Crippen molar-refractivity contribution in [2.45, 2.75) is 39.2 Å². The highest BCUT2D eigenvalue weighted by Gasteiger charge is 2.16. The van der Waals surface area contributed by atoms with E-state index in [4.69, 9.17) is 17.3 Å². The third kappa shape index (κ3) is 3.05. The van der Waals surface area contributed by atoms with Crippen molar-refractivity contribution in [3.05, 3.63) is 51.8 Å². The largest absolute Gasteiger partial charge is 0.324 e. The fourth-order valence-corrected chi connectivity index (χ4v) is 2.74. The summed E-state index contributed by atoms with van der Waals surface area (Å²) in [6.07, 6.45) is 2.59. The summed E-state index contributed by atoms with van der Waals surface area (Å²) in [5.41, 5.74) is 10.7. The maximum absolute atomic E-state index is 6.37. The second kappa shape index (κ2) is 6.42. The molecular formula is C16H22ClN3. The Kier molecular flexibility index (Phi) is 4.84. The van der Waals surface area contributed by atoms with Gasteiger partial charge < -0.3 is 5.73 Å². The average Bonchev–Trinajstić information content (AvgIpc) is 2.74. The standard InChI is InChI=1S/C16H22ClN3/c1-4-11-6-8-12(9-7-11)13(18)10-15-16(17)14(5-2)19-20(15)3/h6-9,13H,4-5,10,18H2,1-3H3. The highest BCUT2D eigenvalue weighted by atomic mass is 35.5. The molecule has 0 amide bonds. The van der Waals surface area contributed by atoms with E-state index in [9.17, 15) is 0 Å². The molecule has 108 valence electrons. The lowest BCUT2D eigenvalue weighted by Gasteiger charge is -2.13. The molecule has 3 nitrogen and oxygen atoms in total. The average molecular weight is 292 g/mol. The van der Waals surface area contributed by atoms with Crippen molar-refractivity contribution in [2.24, 2.45) is 12.8 Å². The van der Waals surface area contributed by atoms with Gasteiger partial charge in [0.1, 0.15) is 0 Å². The Morgan fingerprint density at radius 3 is 2.35 bits per heavy atom. The van der Waals surface area contributed by atoms with Crippen LogP contribution in [0.1, 0.15) is 42.4 Å². The predicted octanol–water partition coefficient (Wildman–Crippen LogP) is 3.44. The molecule has 1 unspecified atom stereocenters. The van der Waals surface area contributed by atoms with Gasteiger partial charge in [-0.2, -0.15) is 5.10 Å². The summed E-state index contributed by atoms with van der Waals surface area (Å²) < 4.78 is 1.85. The van der Waals surface area contributed by atoms with Crippen LogP contribution in [0.25, 0.3) is 0 Å². The topological polar surface area (TPSA) is 43.8 Å². The summed E-state index contributed by atoms with van der Waals surface area (Å²) in [6.45, 7) is 4.21. The summed E-state index contributed by atoms with van der Waals surface area (Å²) >= 11 is 6.37. The minimum absolute atomic E-state index is 0.0569. The molecule has 1 heterocycles. The number of aryl methyl sites for hydroxylation is 3. The van der Waals surface area contributed by atoms with Gasteiger partial charge in [0, 0.05) is 19.5 Å². The van der Waals surface area contributed by atoms with Gasteiger partial charge in [0.05, 0.1) is 16.4 Å². The Hall–Kier alpha value is -1.32. The molecule has 1 atom stereocenters. The van der Waals surface area contributed by atoms with Crippen LogP contribution in [-0.4, -0.2) is 9.78 Å². The van der Waals surface area contributed by atoms with Crippen LogP contribution < -0.4 is 5.73 Å². The first kappa shape index (κ1) is 15.1. The second-order valence-electron chi connectivity index (χ2n) is 5.09. The van der Waals surface area contributed by atoms with Crippen LogP contribution in [0.2, 0.25) is 5.02 Å². The smallest absolute Gasteiger partial charge is 0.0850 e. The summed E-state index contributed by atoms with van der Waals surface area (Å²) in [4.78, 5) is 0. The van der Waals surface area contributed by atoms with E-state index in [0.717, 1.165) is 34.8 Å². The van der Waals surface area contributed by atoms with Crippen molar-refractivity contribution in [1.29, 1.82) is 0 Å². The van der Waals surface area contributed by atoms with Gasteiger partial charge in [-0.15, -0.1) is 0 Å². The van der Waals surface area contributed by atoms with Gasteiger partial charge in [-0.25, -0.2) is 0 Å². The summed E-state index contributed by atoms with van der Waals surface area (Å²) in [5.74, 6) is 0. The first-order valence-corrected chi connectivity index (χ1v) is 7.49. The number of hydrogen-bond acceptors (Lipinski definition) is 2. The SMILES string of the molecule is CCc1ccc(C(N)Cc2c(Cl)c(CC)nn2C)cc1. The highest BCUT2D eigenvalue weighted by molar-refractivity contribution is 6.31. The number of nitrogens with zero attached hydrogens (tertiary/aromatic N) is 2. The Labute approximate surface area is 125 Å². The lowest BCUT2D eigenvalue weighted by Crippen LogP contribution is -2.15. The highest BCUT2D eigenvalue weighted by Crippen LogP contribution is 2.25. The number of halogens is 1. The van der Waals surface area contributed by atoms with Gasteiger partial charge in [-0.1, -0.05) is 49.7 Å². The van der Waals surface area contributed by atoms with Crippen molar-refractivity contribution in [3.8, 4) is 0 Å².